The fourth-order valence-electron chi connectivity index (χ4n) is 2.99. The Bertz CT molecular complexity index is 516. The summed E-state index contributed by atoms with van der Waals surface area (Å²) >= 11 is 1.45. The molecule has 1 aromatic rings. The summed E-state index contributed by atoms with van der Waals surface area (Å²) in [5.74, 6) is 1.51. The third-order valence-corrected chi connectivity index (χ3v) is 5.53. The number of amides is 2. The van der Waals surface area contributed by atoms with Crippen LogP contribution in [0.2, 0.25) is 0 Å². The Morgan fingerprint density at radius 1 is 1.23 bits per heavy atom. The number of carbonyl (C=O) groups is 2. The van der Waals surface area contributed by atoms with Gasteiger partial charge in [-0.2, -0.15) is 0 Å². The normalized spacial score (nSPS) is 21.6. The maximum absolute atomic E-state index is 12.3. The zero-order valence-corrected chi connectivity index (χ0v) is 14.5. The molecule has 1 saturated carbocycles. The largest absolute Gasteiger partial charge is 0.351 e. The molecule has 4 nitrogen and oxygen atoms in total. The zero-order chi connectivity index (χ0) is 16.1. The summed E-state index contributed by atoms with van der Waals surface area (Å²) in [5, 5.41) is 5.91. The molecular formula is C17H26N2O2S. The minimum absolute atomic E-state index is 0.0204. The van der Waals surface area contributed by atoms with Crippen LogP contribution in [0, 0.1) is 11.8 Å². The van der Waals surface area contributed by atoms with E-state index in [-0.39, 0.29) is 11.8 Å². The van der Waals surface area contributed by atoms with E-state index < -0.39 is 0 Å². The first kappa shape index (κ1) is 17.0. The highest BCUT2D eigenvalue weighted by Crippen LogP contribution is 2.30. The molecule has 2 rings (SSSR count). The van der Waals surface area contributed by atoms with E-state index >= 15 is 0 Å². The molecular weight excluding hydrogens is 296 g/mol. The maximum atomic E-state index is 12.3. The smallest absolute Gasteiger partial charge is 0.261 e. The van der Waals surface area contributed by atoms with Crippen LogP contribution in [0.3, 0.4) is 0 Å². The number of hydrogen-bond acceptors (Lipinski definition) is 3. The van der Waals surface area contributed by atoms with Gasteiger partial charge in [0.1, 0.15) is 0 Å². The number of nitrogens with one attached hydrogen (secondary N) is 2. The van der Waals surface area contributed by atoms with Crippen LogP contribution in [0.15, 0.2) is 12.1 Å². The molecule has 2 amide bonds. The molecule has 0 aliphatic heterocycles. The summed E-state index contributed by atoms with van der Waals surface area (Å²) in [7, 11) is 0. The van der Waals surface area contributed by atoms with Gasteiger partial charge in [0.2, 0.25) is 5.91 Å². The molecule has 0 atom stereocenters. The molecule has 122 valence electrons. The second kappa shape index (κ2) is 7.77. The summed E-state index contributed by atoms with van der Waals surface area (Å²) in [6, 6.07) is 4.06. The van der Waals surface area contributed by atoms with Gasteiger partial charge in [0.15, 0.2) is 0 Å². The van der Waals surface area contributed by atoms with Crippen molar-refractivity contribution in [2.75, 3.05) is 0 Å². The molecule has 0 unspecified atom stereocenters. The Kier molecular flexibility index (Phi) is 6.00. The lowest BCUT2D eigenvalue weighted by molar-refractivity contribution is -0.119. The van der Waals surface area contributed by atoms with Crippen molar-refractivity contribution < 1.29 is 9.59 Å². The van der Waals surface area contributed by atoms with E-state index in [2.05, 4.69) is 24.5 Å². The van der Waals surface area contributed by atoms with Crippen molar-refractivity contribution in [3.05, 3.63) is 21.9 Å². The summed E-state index contributed by atoms with van der Waals surface area (Å²) in [6.07, 6.45) is 4.58. The van der Waals surface area contributed by atoms with Gasteiger partial charge in [0, 0.05) is 17.8 Å². The van der Waals surface area contributed by atoms with Crippen molar-refractivity contribution in [3.8, 4) is 0 Å². The number of carbonyl (C=O) groups excluding carboxylic acids is 2. The molecule has 0 radical (unpaired) electrons. The molecule has 5 heteroatoms. The summed E-state index contributed by atoms with van der Waals surface area (Å²) in [4.78, 5) is 24.9. The monoisotopic (exact) mass is 322 g/mol. The van der Waals surface area contributed by atoms with Crippen LogP contribution in [0.5, 0.6) is 0 Å². The van der Waals surface area contributed by atoms with Crippen LogP contribution >= 0.6 is 11.3 Å². The van der Waals surface area contributed by atoms with Crippen LogP contribution in [0.25, 0.3) is 0 Å². The van der Waals surface area contributed by atoms with Crippen molar-refractivity contribution in [2.24, 2.45) is 11.8 Å². The van der Waals surface area contributed by atoms with E-state index in [1.807, 2.05) is 12.1 Å². The van der Waals surface area contributed by atoms with Crippen molar-refractivity contribution in [2.45, 2.75) is 59.0 Å². The van der Waals surface area contributed by atoms with E-state index in [4.69, 9.17) is 0 Å². The van der Waals surface area contributed by atoms with Gasteiger partial charge >= 0.3 is 0 Å². The fourth-order valence-corrected chi connectivity index (χ4v) is 3.84. The summed E-state index contributed by atoms with van der Waals surface area (Å²) < 4.78 is 0. The first-order valence-corrected chi connectivity index (χ1v) is 8.91. The van der Waals surface area contributed by atoms with E-state index in [9.17, 15) is 9.59 Å². The highest BCUT2D eigenvalue weighted by molar-refractivity contribution is 7.14. The number of rotatable bonds is 5. The molecule has 22 heavy (non-hydrogen) atoms. The molecule has 1 heterocycles. The average molecular weight is 322 g/mol. The topological polar surface area (TPSA) is 58.2 Å². The van der Waals surface area contributed by atoms with Crippen molar-refractivity contribution >= 4 is 23.2 Å². The Morgan fingerprint density at radius 3 is 2.50 bits per heavy atom. The third kappa shape index (κ3) is 4.83. The summed E-state index contributed by atoms with van der Waals surface area (Å²) in [5.41, 5.74) is 0. The molecule has 0 bridgehead atoms. The van der Waals surface area contributed by atoms with Gasteiger partial charge in [0.05, 0.1) is 11.4 Å². The lowest BCUT2D eigenvalue weighted by atomic mass is 9.80. The predicted molar refractivity (Wildman–Crippen MR) is 89.9 cm³/mol. The predicted octanol–water partition coefficient (Wildman–Crippen LogP) is 3.33. The van der Waals surface area contributed by atoms with Crippen LogP contribution in [0.4, 0.5) is 0 Å². The number of thiophene rings is 1. The first-order chi connectivity index (χ1) is 10.5. The van der Waals surface area contributed by atoms with Crippen LogP contribution in [-0.4, -0.2) is 17.9 Å². The lowest BCUT2D eigenvalue weighted by Gasteiger charge is -2.31. The van der Waals surface area contributed by atoms with Crippen molar-refractivity contribution in [3.63, 3.8) is 0 Å². The van der Waals surface area contributed by atoms with E-state index in [0.29, 0.717) is 12.6 Å². The van der Waals surface area contributed by atoms with Gasteiger partial charge in [-0.05, 0) is 49.7 Å². The van der Waals surface area contributed by atoms with Gasteiger partial charge in [0.25, 0.3) is 5.91 Å². The van der Waals surface area contributed by atoms with Crippen LogP contribution in [-0.2, 0) is 11.3 Å². The molecule has 1 aromatic heterocycles. The molecule has 0 aromatic carbocycles. The van der Waals surface area contributed by atoms with E-state index in [1.165, 1.54) is 31.1 Å². The van der Waals surface area contributed by atoms with Gasteiger partial charge < -0.3 is 10.6 Å². The second-order valence-electron chi connectivity index (χ2n) is 6.50. The van der Waals surface area contributed by atoms with Crippen LogP contribution in [0.1, 0.15) is 61.0 Å². The zero-order valence-electron chi connectivity index (χ0n) is 13.6. The van der Waals surface area contributed by atoms with Gasteiger partial charge in [-0.25, -0.2) is 0 Å². The minimum Gasteiger partial charge on any atom is -0.351 e. The maximum Gasteiger partial charge on any atom is 0.261 e. The van der Waals surface area contributed by atoms with E-state index in [0.717, 1.165) is 34.4 Å². The highest BCUT2D eigenvalue weighted by atomic mass is 32.1. The first-order valence-electron chi connectivity index (χ1n) is 8.09. The second-order valence-corrected chi connectivity index (χ2v) is 7.67. The Labute approximate surface area is 136 Å². The lowest BCUT2D eigenvalue weighted by Crippen LogP contribution is -2.37. The molecule has 0 saturated heterocycles. The highest BCUT2D eigenvalue weighted by Gasteiger charge is 2.24. The van der Waals surface area contributed by atoms with Gasteiger partial charge in [-0.1, -0.05) is 13.8 Å². The molecule has 0 spiro atoms. The Balaban J connectivity index is 1.81. The number of hydrogen-bond donors (Lipinski definition) is 2. The van der Waals surface area contributed by atoms with Crippen molar-refractivity contribution in [1.82, 2.24) is 10.6 Å². The fraction of sp³-hybridized carbons (Fsp3) is 0.647. The average Bonchev–Trinajstić information content (AvgIpc) is 2.94. The molecule has 1 aliphatic rings. The quantitative estimate of drug-likeness (QED) is 0.873. The third-order valence-electron chi connectivity index (χ3n) is 4.45. The van der Waals surface area contributed by atoms with E-state index in [1.54, 1.807) is 0 Å². The summed E-state index contributed by atoms with van der Waals surface area (Å²) in [6.45, 7) is 6.55. The van der Waals surface area contributed by atoms with Gasteiger partial charge in [-0.3, -0.25) is 9.59 Å². The molecule has 1 fully saturated rings. The van der Waals surface area contributed by atoms with Gasteiger partial charge in [-0.15, -0.1) is 11.3 Å². The minimum atomic E-state index is -0.0543. The molecule has 2 N–H and O–H groups in total. The Hall–Kier alpha value is -1.36. The van der Waals surface area contributed by atoms with Crippen molar-refractivity contribution in [1.29, 1.82) is 0 Å². The molecule has 1 aliphatic carbocycles. The van der Waals surface area contributed by atoms with Crippen LogP contribution < -0.4 is 10.6 Å². The Morgan fingerprint density at radius 2 is 1.91 bits per heavy atom. The SMILES string of the molecule is CC(=O)NCc1ccc(C(=O)NC2CCC(C(C)C)CC2)s1. The standard InChI is InChI=1S/C17H26N2O2S/c1-11(2)13-4-6-14(7-5-13)19-17(21)16-9-8-15(22-16)10-18-12(3)20/h8-9,11,13-14H,4-7,10H2,1-3H3,(H,18,20)(H,19,21).